The van der Waals surface area contributed by atoms with Crippen molar-refractivity contribution >= 4 is 42.6 Å². The minimum absolute atomic E-state index is 0.184. The van der Waals surface area contributed by atoms with Gasteiger partial charge in [0.1, 0.15) is 0 Å². The number of nitrogens with zero attached hydrogens (tertiary/aromatic N) is 4. The molecule has 0 aliphatic carbocycles. The normalized spacial score (nSPS) is 11.8. The monoisotopic (exact) mass is 522 g/mol. The molecule has 0 radical (unpaired) electrons. The molecule has 4 rings (SSSR count). The van der Waals surface area contributed by atoms with Gasteiger partial charge in [0.15, 0.2) is 5.13 Å². The van der Waals surface area contributed by atoms with Crippen molar-refractivity contribution in [1.82, 2.24) is 14.3 Å². The highest BCUT2D eigenvalue weighted by Gasteiger charge is 2.25. The predicted octanol–water partition coefficient (Wildman–Crippen LogP) is 5.66. The lowest BCUT2D eigenvalue weighted by Crippen LogP contribution is -2.32. The Morgan fingerprint density at radius 3 is 2.42 bits per heavy atom. The first-order valence-electron chi connectivity index (χ1n) is 12.0. The summed E-state index contributed by atoms with van der Waals surface area (Å²) in [5.41, 5.74) is 3.02. The number of carbonyl (C=O) groups is 1. The minimum Gasteiger partial charge on any atom is -0.278 e. The van der Waals surface area contributed by atoms with Gasteiger partial charge in [0.25, 0.3) is 5.91 Å². The Hall–Kier alpha value is -3.14. The molecular formula is C27H30N4O3S2. The van der Waals surface area contributed by atoms with E-state index in [1.807, 2.05) is 57.2 Å². The first-order chi connectivity index (χ1) is 17.3. The summed E-state index contributed by atoms with van der Waals surface area (Å²) in [5, 5.41) is 0.573. The molecule has 0 fully saturated rings. The number of sulfonamides is 1. The molecule has 0 atom stereocenters. The third kappa shape index (κ3) is 5.48. The largest absolute Gasteiger partial charge is 0.278 e. The van der Waals surface area contributed by atoms with Crippen LogP contribution in [0.4, 0.5) is 5.13 Å². The van der Waals surface area contributed by atoms with Crippen LogP contribution in [-0.2, 0) is 16.6 Å². The summed E-state index contributed by atoms with van der Waals surface area (Å²) in [6, 6.07) is 17.7. The molecule has 4 aromatic rings. The molecule has 2 aromatic carbocycles. The summed E-state index contributed by atoms with van der Waals surface area (Å²) in [6.45, 7) is 6.99. The molecule has 7 nitrogen and oxygen atoms in total. The van der Waals surface area contributed by atoms with Gasteiger partial charge < -0.3 is 0 Å². The molecule has 2 heterocycles. The quantitative estimate of drug-likeness (QED) is 0.268. The Balaban J connectivity index is 1.67. The zero-order chi connectivity index (χ0) is 25.7. The Kier molecular flexibility index (Phi) is 8.13. The Morgan fingerprint density at radius 2 is 1.78 bits per heavy atom. The number of thiazole rings is 1. The maximum absolute atomic E-state index is 13.7. The number of amides is 1. The lowest BCUT2D eigenvalue weighted by Gasteiger charge is -2.21. The molecule has 0 spiro atoms. The van der Waals surface area contributed by atoms with Crippen molar-refractivity contribution in [1.29, 1.82) is 0 Å². The highest BCUT2D eigenvalue weighted by Crippen LogP contribution is 2.32. The van der Waals surface area contributed by atoms with Crippen molar-refractivity contribution in [3.8, 4) is 0 Å². The van der Waals surface area contributed by atoms with Gasteiger partial charge in [-0.25, -0.2) is 13.4 Å². The number of unbranched alkanes of at least 4 members (excludes halogenated alkanes) is 1. The van der Waals surface area contributed by atoms with E-state index in [4.69, 9.17) is 4.98 Å². The molecule has 2 aromatic heterocycles. The highest BCUT2D eigenvalue weighted by atomic mass is 32.2. The van der Waals surface area contributed by atoms with Crippen molar-refractivity contribution in [2.24, 2.45) is 0 Å². The number of hydrogen-bond acceptors (Lipinski definition) is 6. The van der Waals surface area contributed by atoms with Crippen LogP contribution in [-0.4, -0.2) is 41.7 Å². The molecular weight excluding hydrogens is 492 g/mol. The average molecular weight is 523 g/mol. The van der Waals surface area contributed by atoms with Gasteiger partial charge in [-0.05, 0) is 61.4 Å². The number of aromatic nitrogens is 2. The SMILES string of the molecule is CCCCN(CC)S(=O)(=O)c1ccc(C(=O)N(Cc2ccccn2)c2nc3c(C)cccc3s2)cc1. The maximum atomic E-state index is 13.7. The van der Waals surface area contributed by atoms with E-state index in [9.17, 15) is 13.2 Å². The average Bonchev–Trinajstić information content (AvgIpc) is 3.33. The standard InChI is InChI=1S/C27H30N4O3S2/c1-4-6-18-30(5-2)36(33,34)23-15-13-21(14-16-23)26(32)31(19-22-11-7-8-17-28-22)27-29-25-20(3)10-9-12-24(25)35-27/h7-17H,4-6,18-19H2,1-3H3. The maximum Gasteiger partial charge on any atom is 0.260 e. The van der Waals surface area contributed by atoms with Crippen LogP contribution in [0.1, 0.15) is 48.3 Å². The van der Waals surface area contributed by atoms with Gasteiger partial charge in [-0.2, -0.15) is 4.31 Å². The zero-order valence-electron chi connectivity index (χ0n) is 20.7. The second kappa shape index (κ2) is 11.3. The molecule has 0 N–H and O–H groups in total. The summed E-state index contributed by atoms with van der Waals surface area (Å²) in [4.78, 5) is 24.7. The van der Waals surface area contributed by atoms with E-state index in [2.05, 4.69) is 4.98 Å². The number of fused-ring (bicyclic) bond motifs is 1. The Bertz CT molecular complexity index is 1440. The summed E-state index contributed by atoms with van der Waals surface area (Å²) >= 11 is 1.45. The molecule has 0 bridgehead atoms. The third-order valence-corrected chi connectivity index (χ3v) is 9.02. The lowest BCUT2D eigenvalue weighted by molar-refractivity contribution is 0.0984. The number of hydrogen-bond donors (Lipinski definition) is 0. The number of carbonyl (C=O) groups excluding carboxylic acids is 1. The third-order valence-electron chi connectivity index (χ3n) is 5.98. The number of pyridine rings is 1. The minimum atomic E-state index is -3.62. The molecule has 1 amide bonds. The van der Waals surface area contributed by atoms with E-state index < -0.39 is 10.0 Å². The molecule has 36 heavy (non-hydrogen) atoms. The van der Waals surface area contributed by atoms with Gasteiger partial charge >= 0.3 is 0 Å². The zero-order valence-corrected chi connectivity index (χ0v) is 22.3. The number of aryl methyl sites for hydroxylation is 1. The summed E-state index contributed by atoms with van der Waals surface area (Å²) < 4.78 is 28.7. The van der Waals surface area contributed by atoms with Crippen LogP contribution in [0.15, 0.2) is 71.8 Å². The summed E-state index contributed by atoms with van der Waals surface area (Å²) in [5.74, 6) is -0.264. The van der Waals surface area contributed by atoms with Gasteiger partial charge in [0.2, 0.25) is 10.0 Å². The van der Waals surface area contributed by atoms with Crippen molar-refractivity contribution in [2.45, 2.75) is 45.1 Å². The fraction of sp³-hybridized carbons (Fsp3) is 0.296. The van der Waals surface area contributed by atoms with E-state index in [-0.39, 0.29) is 17.3 Å². The Labute approximate surface area is 216 Å². The number of rotatable bonds is 10. The topological polar surface area (TPSA) is 83.5 Å². The first-order valence-corrected chi connectivity index (χ1v) is 14.3. The number of anilines is 1. The second-order valence-corrected chi connectivity index (χ2v) is 11.5. The van der Waals surface area contributed by atoms with E-state index in [1.54, 1.807) is 23.2 Å². The lowest BCUT2D eigenvalue weighted by atomic mass is 10.2. The summed E-state index contributed by atoms with van der Waals surface area (Å²) in [7, 11) is -3.62. The number of benzene rings is 2. The van der Waals surface area contributed by atoms with Gasteiger partial charge in [0.05, 0.1) is 27.4 Å². The van der Waals surface area contributed by atoms with Gasteiger partial charge in [-0.3, -0.25) is 14.7 Å². The summed E-state index contributed by atoms with van der Waals surface area (Å²) in [6.07, 6.45) is 3.41. The fourth-order valence-electron chi connectivity index (χ4n) is 3.93. The second-order valence-electron chi connectivity index (χ2n) is 8.51. The van der Waals surface area contributed by atoms with E-state index in [0.717, 1.165) is 34.3 Å². The molecule has 0 saturated heterocycles. The smallest absolute Gasteiger partial charge is 0.260 e. The van der Waals surface area contributed by atoms with E-state index in [1.165, 1.54) is 27.8 Å². The number of para-hydroxylation sites is 1. The van der Waals surface area contributed by atoms with Gasteiger partial charge in [-0.1, -0.05) is 49.8 Å². The van der Waals surface area contributed by atoms with Crippen molar-refractivity contribution in [3.63, 3.8) is 0 Å². The van der Waals surface area contributed by atoms with Crippen molar-refractivity contribution in [2.75, 3.05) is 18.0 Å². The van der Waals surface area contributed by atoms with Crippen LogP contribution < -0.4 is 4.90 Å². The predicted molar refractivity (Wildman–Crippen MR) is 145 cm³/mol. The van der Waals surface area contributed by atoms with Crippen LogP contribution in [0.2, 0.25) is 0 Å². The van der Waals surface area contributed by atoms with Crippen LogP contribution in [0.5, 0.6) is 0 Å². The molecule has 0 unspecified atom stereocenters. The van der Waals surface area contributed by atoms with Crippen LogP contribution >= 0.6 is 11.3 Å². The molecule has 0 aliphatic heterocycles. The fourth-order valence-corrected chi connectivity index (χ4v) is 6.46. The van der Waals surface area contributed by atoms with Gasteiger partial charge in [0, 0.05) is 24.8 Å². The first kappa shape index (κ1) is 25.9. The highest BCUT2D eigenvalue weighted by molar-refractivity contribution is 7.89. The van der Waals surface area contributed by atoms with Crippen LogP contribution in [0.25, 0.3) is 10.2 Å². The molecule has 0 saturated carbocycles. The van der Waals surface area contributed by atoms with E-state index in [0.29, 0.717) is 23.8 Å². The van der Waals surface area contributed by atoms with E-state index >= 15 is 0 Å². The van der Waals surface area contributed by atoms with Crippen LogP contribution in [0, 0.1) is 6.92 Å². The van der Waals surface area contributed by atoms with Crippen molar-refractivity contribution < 1.29 is 13.2 Å². The van der Waals surface area contributed by atoms with Gasteiger partial charge in [-0.15, -0.1) is 0 Å². The van der Waals surface area contributed by atoms with Crippen molar-refractivity contribution in [3.05, 3.63) is 83.7 Å². The molecule has 9 heteroatoms. The van der Waals surface area contributed by atoms with Crippen LogP contribution in [0.3, 0.4) is 0 Å². The Morgan fingerprint density at radius 1 is 1.00 bits per heavy atom. The molecule has 188 valence electrons. The molecule has 0 aliphatic rings.